The Kier molecular flexibility index (Phi) is 3.22. The van der Waals surface area contributed by atoms with Gasteiger partial charge in [-0.2, -0.15) is 0 Å². The molecule has 0 saturated carbocycles. The number of benzene rings is 1. The molecule has 0 aromatic heterocycles. The number of nitrogens with one attached hydrogen (secondary N) is 1. The number of halogens is 1. The first kappa shape index (κ1) is 11.3. The largest absolute Gasteiger partial charge is 0.486 e. The third-order valence-corrected chi connectivity index (χ3v) is 3.48. The highest BCUT2D eigenvalue weighted by atomic mass is 79.9. The van der Waals surface area contributed by atoms with Gasteiger partial charge in [-0.15, -0.1) is 0 Å². The molecule has 0 spiro atoms. The third kappa shape index (κ3) is 2.41. The number of fused-ring (bicyclic) bond motifs is 1. The molecule has 0 atom stereocenters. The van der Waals surface area contributed by atoms with Crippen molar-refractivity contribution in [3.8, 4) is 11.5 Å². The molecule has 4 nitrogen and oxygen atoms in total. The molecule has 0 bridgehead atoms. The average molecular weight is 300 g/mol. The van der Waals surface area contributed by atoms with Crippen LogP contribution in [0.25, 0.3) is 0 Å². The highest BCUT2D eigenvalue weighted by Gasteiger charge is 2.19. The Labute approximate surface area is 108 Å². The summed E-state index contributed by atoms with van der Waals surface area (Å²) in [6.07, 6.45) is 0. The van der Waals surface area contributed by atoms with Crippen molar-refractivity contribution < 1.29 is 14.2 Å². The van der Waals surface area contributed by atoms with Crippen LogP contribution in [-0.2, 0) is 11.3 Å². The topological polar surface area (TPSA) is 39.7 Å². The molecular formula is C12H14BrNO3. The Morgan fingerprint density at radius 3 is 2.82 bits per heavy atom. The fourth-order valence-corrected chi connectivity index (χ4v) is 2.49. The van der Waals surface area contributed by atoms with E-state index in [1.54, 1.807) is 0 Å². The molecule has 0 aliphatic carbocycles. The lowest BCUT2D eigenvalue weighted by Crippen LogP contribution is -2.45. The van der Waals surface area contributed by atoms with Crippen molar-refractivity contribution in [2.45, 2.75) is 12.6 Å². The molecule has 2 aliphatic rings. The van der Waals surface area contributed by atoms with Crippen LogP contribution in [-0.4, -0.2) is 32.5 Å². The summed E-state index contributed by atoms with van der Waals surface area (Å²) in [6.45, 7) is 3.68. The third-order valence-electron chi connectivity index (χ3n) is 2.89. The van der Waals surface area contributed by atoms with Gasteiger partial charge in [0, 0.05) is 6.54 Å². The van der Waals surface area contributed by atoms with Crippen LogP contribution in [0, 0.1) is 0 Å². The quantitative estimate of drug-likeness (QED) is 0.922. The molecule has 0 amide bonds. The van der Waals surface area contributed by atoms with Gasteiger partial charge in [0.25, 0.3) is 0 Å². The summed E-state index contributed by atoms with van der Waals surface area (Å²) in [5.41, 5.74) is 1.19. The minimum Gasteiger partial charge on any atom is -0.486 e. The molecule has 1 aromatic carbocycles. The van der Waals surface area contributed by atoms with Gasteiger partial charge in [-0.1, -0.05) is 0 Å². The van der Waals surface area contributed by atoms with Gasteiger partial charge < -0.3 is 19.5 Å². The Morgan fingerprint density at radius 2 is 2.06 bits per heavy atom. The molecule has 0 unspecified atom stereocenters. The van der Waals surface area contributed by atoms with Crippen LogP contribution in [0.15, 0.2) is 16.6 Å². The maximum Gasteiger partial charge on any atom is 0.175 e. The van der Waals surface area contributed by atoms with Gasteiger partial charge in [0.05, 0.1) is 23.7 Å². The SMILES string of the molecule is Brc1cc(CNC2COC2)cc2c1OCCO2. The summed E-state index contributed by atoms with van der Waals surface area (Å²) in [4.78, 5) is 0. The molecule has 1 saturated heterocycles. The minimum atomic E-state index is 0.488. The van der Waals surface area contributed by atoms with E-state index in [-0.39, 0.29) is 0 Å². The summed E-state index contributed by atoms with van der Waals surface area (Å²) in [5.74, 6) is 1.64. The van der Waals surface area contributed by atoms with E-state index in [0.29, 0.717) is 19.3 Å². The molecule has 17 heavy (non-hydrogen) atoms. The fourth-order valence-electron chi connectivity index (χ4n) is 1.88. The van der Waals surface area contributed by atoms with Gasteiger partial charge in [0.1, 0.15) is 13.2 Å². The molecule has 2 heterocycles. The number of hydrogen-bond acceptors (Lipinski definition) is 4. The normalized spacial score (nSPS) is 18.9. The first-order chi connectivity index (χ1) is 8.33. The van der Waals surface area contributed by atoms with E-state index < -0.39 is 0 Å². The van der Waals surface area contributed by atoms with E-state index in [9.17, 15) is 0 Å². The Balaban J connectivity index is 1.73. The van der Waals surface area contributed by atoms with Crippen molar-refractivity contribution in [3.63, 3.8) is 0 Å². The molecule has 0 radical (unpaired) electrons. The highest BCUT2D eigenvalue weighted by Crippen LogP contribution is 2.38. The molecule has 5 heteroatoms. The minimum absolute atomic E-state index is 0.488. The second-order valence-corrected chi connectivity index (χ2v) is 5.07. The van der Waals surface area contributed by atoms with Crippen LogP contribution < -0.4 is 14.8 Å². The van der Waals surface area contributed by atoms with Gasteiger partial charge in [-0.3, -0.25) is 0 Å². The molecule has 2 aliphatic heterocycles. The van der Waals surface area contributed by atoms with Crippen LogP contribution in [0.5, 0.6) is 11.5 Å². The first-order valence-electron chi connectivity index (χ1n) is 5.72. The van der Waals surface area contributed by atoms with E-state index in [1.807, 2.05) is 6.07 Å². The van der Waals surface area contributed by atoms with Crippen molar-refractivity contribution in [2.75, 3.05) is 26.4 Å². The van der Waals surface area contributed by atoms with Crippen molar-refractivity contribution in [3.05, 3.63) is 22.2 Å². The predicted molar refractivity (Wildman–Crippen MR) is 66.6 cm³/mol. The zero-order valence-corrected chi connectivity index (χ0v) is 11.0. The number of hydrogen-bond donors (Lipinski definition) is 1. The molecule has 1 N–H and O–H groups in total. The maximum atomic E-state index is 5.58. The van der Waals surface area contributed by atoms with E-state index >= 15 is 0 Å². The van der Waals surface area contributed by atoms with Gasteiger partial charge in [0.15, 0.2) is 11.5 Å². The van der Waals surface area contributed by atoms with Gasteiger partial charge in [0.2, 0.25) is 0 Å². The maximum absolute atomic E-state index is 5.58. The standard InChI is InChI=1S/C12H14BrNO3/c13-10-3-8(5-14-9-6-15-7-9)4-11-12(10)17-2-1-16-11/h3-4,9,14H,1-2,5-7H2. The van der Waals surface area contributed by atoms with Crippen molar-refractivity contribution in [1.82, 2.24) is 5.32 Å². The summed E-state index contributed by atoms with van der Waals surface area (Å²) in [5, 5.41) is 3.43. The predicted octanol–water partition coefficient (Wildman–Crippen LogP) is 1.71. The van der Waals surface area contributed by atoms with Gasteiger partial charge in [-0.05, 0) is 33.6 Å². The second-order valence-electron chi connectivity index (χ2n) is 4.22. The monoisotopic (exact) mass is 299 g/mol. The van der Waals surface area contributed by atoms with E-state index in [4.69, 9.17) is 14.2 Å². The summed E-state index contributed by atoms with van der Waals surface area (Å²) >= 11 is 3.51. The summed E-state index contributed by atoms with van der Waals surface area (Å²) in [6, 6.07) is 4.59. The summed E-state index contributed by atoms with van der Waals surface area (Å²) in [7, 11) is 0. The van der Waals surface area contributed by atoms with Crippen LogP contribution in [0.1, 0.15) is 5.56 Å². The van der Waals surface area contributed by atoms with Crippen LogP contribution in [0.4, 0.5) is 0 Å². The lowest BCUT2D eigenvalue weighted by molar-refractivity contribution is -0.00579. The smallest absolute Gasteiger partial charge is 0.175 e. The van der Waals surface area contributed by atoms with Crippen molar-refractivity contribution in [1.29, 1.82) is 0 Å². The average Bonchev–Trinajstić information content (AvgIpc) is 2.27. The molecular weight excluding hydrogens is 286 g/mol. The lowest BCUT2D eigenvalue weighted by atomic mass is 10.1. The van der Waals surface area contributed by atoms with Crippen molar-refractivity contribution >= 4 is 15.9 Å². The first-order valence-corrected chi connectivity index (χ1v) is 6.51. The molecule has 92 valence electrons. The van der Waals surface area contributed by atoms with E-state index in [2.05, 4.69) is 27.3 Å². The van der Waals surface area contributed by atoms with Crippen LogP contribution in [0.3, 0.4) is 0 Å². The van der Waals surface area contributed by atoms with Crippen LogP contribution in [0.2, 0.25) is 0 Å². The molecule has 3 rings (SSSR count). The number of rotatable bonds is 3. The number of ether oxygens (including phenoxy) is 3. The second kappa shape index (κ2) is 4.84. The van der Waals surface area contributed by atoms with Gasteiger partial charge in [-0.25, -0.2) is 0 Å². The van der Waals surface area contributed by atoms with Crippen molar-refractivity contribution in [2.24, 2.45) is 0 Å². The molecule has 1 fully saturated rings. The van der Waals surface area contributed by atoms with E-state index in [1.165, 1.54) is 5.56 Å². The Bertz CT molecular complexity index is 420. The van der Waals surface area contributed by atoms with Gasteiger partial charge >= 0.3 is 0 Å². The zero-order chi connectivity index (χ0) is 11.7. The zero-order valence-electron chi connectivity index (χ0n) is 9.37. The summed E-state index contributed by atoms with van der Waals surface area (Å²) < 4.78 is 17.2. The lowest BCUT2D eigenvalue weighted by Gasteiger charge is -2.27. The Morgan fingerprint density at radius 1 is 1.24 bits per heavy atom. The Hall–Kier alpha value is -0.780. The molecule has 1 aromatic rings. The van der Waals surface area contributed by atoms with Crippen LogP contribution >= 0.6 is 15.9 Å². The fraction of sp³-hybridized carbons (Fsp3) is 0.500. The highest BCUT2D eigenvalue weighted by molar-refractivity contribution is 9.10. The van der Waals surface area contributed by atoms with E-state index in [0.717, 1.165) is 35.7 Å².